The third-order valence-electron chi connectivity index (χ3n) is 5.08. The van der Waals surface area contributed by atoms with Crippen LogP contribution in [0.1, 0.15) is 27.2 Å². The molecule has 2 amide bonds. The molecule has 3 rings (SSSR count). The molecule has 4 nitrogen and oxygen atoms in total. The van der Waals surface area contributed by atoms with Gasteiger partial charge in [0, 0.05) is 12.0 Å². The van der Waals surface area contributed by atoms with Crippen LogP contribution in [0.2, 0.25) is 0 Å². The van der Waals surface area contributed by atoms with Crippen LogP contribution in [-0.4, -0.2) is 35.3 Å². The molecule has 3 aliphatic rings. The summed E-state index contributed by atoms with van der Waals surface area (Å²) in [6.07, 6.45) is 0.919. The summed E-state index contributed by atoms with van der Waals surface area (Å²) < 4.78 is 0. The van der Waals surface area contributed by atoms with Gasteiger partial charge in [0.05, 0.1) is 12.0 Å². The number of imide groups is 1. The smallest absolute Gasteiger partial charge is 0.233 e. The van der Waals surface area contributed by atoms with Gasteiger partial charge in [-0.05, 0) is 24.8 Å². The number of rotatable bonds is 1. The zero-order valence-corrected chi connectivity index (χ0v) is 10.6. The maximum atomic E-state index is 12.4. The minimum Gasteiger partial charge on any atom is -0.311 e. The first-order valence-electron chi connectivity index (χ1n) is 6.64. The number of hydrogen-bond donors (Lipinski definition) is 1. The Morgan fingerprint density at radius 1 is 1.29 bits per heavy atom. The first-order chi connectivity index (χ1) is 8.04. The minimum atomic E-state index is -0.0455. The second-order valence-corrected chi connectivity index (χ2v) is 5.92. The highest BCUT2D eigenvalue weighted by Gasteiger charge is 2.57. The molecule has 3 fully saturated rings. The van der Waals surface area contributed by atoms with Crippen molar-refractivity contribution in [3.8, 4) is 0 Å². The van der Waals surface area contributed by atoms with Crippen LogP contribution in [0.25, 0.3) is 0 Å². The van der Waals surface area contributed by atoms with E-state index in [2.05, 4.69) is 19.2 Å². The summed E-state index contributed by atoms with van der Waals surface area (Å²) in [6, 6.07) is 0.306. The van der Waals surface area contributed by atoms with Crippen LogP contribution in [-0.2, 0) is 9.59 Å². The molecule has 0 bridgehead atoms. The molecular weight excluding hydrogens is 216 g/mol. The van der Waals surface area contributed by atoms with Crippen LogP contribution >= 0.6 is 0 Å². The molecule has 2 aliphatic heterocycles. The van der Waals surface area contributed by atoms with Crippen molar-refractivity contribution in [2.75, 3.05) is 6.54 Å². The van der Waals surface area contributed by atoms with Crippen LogP contribution in [0.5, 0.6) is 0 Å². The third kappa shape index (κ3) is 1.39. The molecular formula is C13H20N2O2. The van der Waals surface area contributed by atoms with Gasteiger partial charge >= 0.3 is 0 Å². The van der Waals surface area contributed by atoms with E-state index in [4.69, 9.17) is 0 Å². The van der Waals surface area contributed by atoms with Crippen LogP contribution in [0, 0.1) is 23.7 Å². The Bertz CT molecular complexity index is 374. The van der Waals surface area contributed by atoms with Crippen LogP contribution < -0.4 is 5.32 Å². The Labute approximate surface area is 102 Å². The molecule has 1 unspecified atom stereocenters. The number of nitrogens with zero attached hydrogens (tertiary/aromatic N) is 1. The minimum absolute atomic E-state index is 0.0310. The first kappa shape index (κ1) is 11.2. The molecule has 1 N–H and O–H groups in total. The van der Waals surface area contributed by atoms with Gasteiger partial charge in [0.1, 0.15) is 0 Å². The summed E-state index contributed by atoms with van der Waals surface area (Å²) >= 11 is 0. The summed E-state index contributed by atoms with van der Waals surface area (Å²) in [6.45, 7) is 7.06. The van der Waals surface area contributed by atoms with Crippen molar-refractivity contribution in [2.24, 2.45) is 23.7 Å². The molecule has 0 aromatic heterocycles. The molecule has 2 saturated heterocycles. The lowest BCUT2D eigenvalue weighted by Gasteiger charge is -2.21. The van der Waals surface area contributed by atoms with Crippen LogP contribution in [0.3, 0.4) is 0 Å². The molecule has 0 aromatic carbocycles. The number of fused-ring (bicyclic) bond motifs is 1. The number of carbonyl (C=O) groups is 2. The molecule has 6 atom stereocenters. The average molecular weight is 236 g/mol. The van der Waals surface area contributed by atoms with Crippen molar-refractivity contribution in [3.63, 3.8) is 0 Å². The third-order valence-corrected chi connectivity index (χ3v) is 5.08. The van der Waals surface area contributed by atoms with Crippen LogP contribution in [0.4, 0.5) is 0 Å². The van der Waals surface area contributed by atoms with Gasteiger partial charge in [-0.2, -0.15) is 0 Å². The van der Waals surface area contributed by atoms with Crippen molar-refractivity contribution >= 4 is 11.8 Å². The second-order valence-electron chi connectivity index (χ2n) is 5.92. The molecule has 94 valence electrons. The Morgan fingerprint density at radius 2 is 1.94 bits per heavy atom. The fourth-order valence-corrected chi connectivity index (χ4v) is 3.59. The fraction of sp³-hybridized carbons (Fsp3) is 0.846. The summed E-state index contributed by atoms with van der Waals surface area (Å²) in [7, 11) is 0. The summed E-state index contributed by atoms with van der Waals surface area (Å²) in [4.78, 5) is 26.2. The largest absolute Gasteiger partial charge is 0.311 e. The van der Waals surface area contributed by atoms with Gasteiger partial charge < -0.3 is 5.32 Å². The summed E-state index contributed by atoms with van der Waals surface area (Å²) in [5, 5.41) is 3.35. The molecule has 4 heteroatoms. The molecule has 1 aliphatic carbocycles. The number of amides is 2. The van der Waals surface area contributed by atoms with Crippen molar-refractivity contribution in [2.45, 2.75) is 39.3 Å². The highest BCUT2D eigenvalue weighted by Crippen LogP contribution is 2.48. The predicted octanol–water partition coefficient (Wildman–Crippen LogP) is 0.624. The van der Waals surface area contributed by atoms with Gasteiger partial charge in [0.25, 0.3) is 0 Å². The van der Waals surface area contributed by atoms with E-state index >= 15 is 0 Å². The summed E-state index contributed by atoms with van der Waals surface area (Å²) in [5.41, 5.74) is 0. The average Bonchev–Trinajstić information content (AvgIpc) is 2.69. The Balaban J connectivity index is 1.83. The van der Waals surface area contributed by atoms with Gasteiger partial charge in [-0.15, -0.1) is 0 Å². The van der Waals surface area contributed by atoms with E-state index in [0.29, 0.717) is 11.8 Å². The Kier molecular flexibility index (Phi) is 2.34. The molecule has 0 radical (unpaired) electrons. The topological polar surface area (TPSA) is 49.4 Å². The molecule has 1 saturated carbocycles. The number of hydrogen-bond acceptors (Lipinski definition) is 3. The van der Waals surface area contributed by atoms with Gasteiger partial charge in [-0.3, -0.25) is 14.5 Å². The quantitative estimate of drug-likeness (QED) is 0.679. The monoisotopic (exact) mass is 236 g/mol. The van der Waals surface area contributed by atoms with Gasteiger partial charge in [0.2, 0.25) is 11.8 Å². The lowest BCUT2D eigenvalue weighted by atomic mass is 10.0. The number of nitrogens with one attached hydrogen (secondary N) is 1. The van der Waals surface area contributed by atoms with E-state index in [-0.39, 0.29) is 35.7 Å². The maximum Gasteiger partial charge on any atom is 0.233 e. The zero-order chi connectivity index (χ0) is 12.3. The Morgan fingerprint density at radius 3 is 2.53 bits per heavy atom. The molecule has 17 heavy (non-hydrogen) atoms. The van der Waals surface area contributed by atoms with Crippen molar-refractivity contribution in [1.82, 2.24) is 10.2 Å². The van der Waals surface area contributed by atoms with Gasteiger partial charge in [0.15, 0.2) is 0 Å². The maximum absolute atomic E-state index is 12.4. The van der Waals surface area contributed by atoms with Crippen molar-refractivity contribution in [3.05, 3.63) is 0 Å². The highest BCUT2D eigenvalue weighted by atomic mass is 16.2. The van der Waals surface area contributed by atoms with E-state index in [9.17, 15) is 9.59 Å². The van der Waals surface area contributed by atoms with E-state index in [1.807, 2.05) is 6.92 Å². The lowest BCUT2D eigenvalue weighted by molar-refractivity contribution is -0.146. The highest BCUT2D eigenvalue weighted by molar-refractivity contribution is 6.01. The second kappa shape index (κ2) is 3.55. The predicted molar refractivity (Wildman–Crippen MR) is 63.0 cm³/mol. The van der Waals surface area contributed by atoms with Gasteiger partial charge in [-0.25, -0.2) is 0 Å². The van der Waals surface area contributed by atoms with E-state index in [0.717, 1.165) is 13.0 Å². The SMILES string of the molecule is C[C@@H]1C(=O)N(C(=O)C2[C@@H](C)[C@H]2C)[C@H]2CCN[C@H]12. The lowest BCUT2D eigenvalue weighted by Crippen LogP contribution is -2.41. The zero-order valence-electron chi connectivity index (χ0n) is 10.6. The van der Waals surface area contributed by atoms with E-state index < -0.39 is 0 Å². The van der Waals surface area contributed by atoms with Crippen molar-refractivity contribution in [1.29, 1.82) is 0 Å². The normalized spacial score (nSPS) is 48.4. The Hall–Kier alpha value is -0.900. The van der Waals surface area contributed by atoms with Crippen LogP contribution in [0.15, 0.2) is 0 Å². The number of carbonyl (C=O) groups excluding carboxylic acids is 2. The van der Waals surface area contributed by atoms with E-state index in [1.165, 1.54) is 0 Å². The number of likely N-dealkylation sites (tertiary alicyclic amines) is 1. The molecule has 0 aromatic rings. The molecule has 2 heterocycles. The van der Waals surface area contributed by atoms with E-state index in [1.54, 1.807) is 4.90 Å². The molecule has 0 spiro atoms. The first-order valence-corrected chi connectivity index (χ1v) is 6.64. The standard InChI is InChI=1S/C13H20N2O2/c1-6-7(2)10(6)13(17)15-9-4-5-14-11(9)8(3)12(15)16/h6-11,14H,4-5H2,1-3H3/t6-,7+,8-,9-,10?,11+/m0/s1. The van der Waals surface area contributed by atoms with Crippen molar-refractivity contribution < 1.29 is 9.59 Å². The van der Waals surface area contributed by atoms with Gasteiger partial charge in [-0.1, -0.05) is 20.8 Å². The fourth-order valence-electron chi connectivity index (χ4n) is 3.59. The summed E-state index contributed by atoms with van der Waals surface area (Å²) in [5.74, 6) is 1.04.